The Kier molecular flexibility index (Phi) is 9.39. The predicted octanol–water partition coefficient (Wildman–Crippen LogP) is 7.67. The molecule has 0 fully saturated rings. The maximum Gasteiger partial charge on any atom is 0.330 e. The molecule has 0 spiro atoms. The molecule has 0 saturated carbocycles. The largest absolute Gasteiger partial charge is 0.507 e. The lowest BCUT2D eigenvalue weighted by Gasteiger charge is -2.38. The number of hydrogen-bond acceptors (Lipinski definition) is 3. The number of carboxylic acid groups (broad SMARTS) is 1. The van der Waals surface area contributed by atoms with E-state index in [0.29, 0.717) is 11.3 Å². The van der Waals surface area contributed by atoms with Gasteiger partial charge in [0.15, 0.2) is 0 Å². The van der Waals surface area contributed by atoms with E-state index in [1.165, 1.54) is 11.1 Å². The van der Waals surface area contributed by atoms with Gasteiger partial charge in [0.1, 0.15) is 17.1 Å². The molecule has 4 nitrogen and oxygen atoms in total. The molecule has 0 radical (unpaired) electrons. The highest BCUT2D eigenvalue weighted by atomic mass is 16.5. The summed E-state index contributed by atoms with van der Waals surface area (Å²) in [4.78, 5) is 10.8. The summed E-state index contributed by atoms with van der Waals surface area (Å²) in [6, 6.07) is 0. The summed E-state index contributed by atoms with van der Waals surface area (Å²) in [7, 11) is 0. The second-order valence-electron chi connectivity index (χ2n) is 9.99. The van der Waals surface area contributed by atoms with Crippen LogP contribution >= 0.6 is 0 Å². The van der Waals surface area contributed by atoms with Gasteiger partial charge in [-0.25, -0.2) is 4.79 Å². The van der Waals surface area contributed by atoms with Crippen molar-refractivity contribution in [3.63, 3.8) is 0 Å². The van der Waals surface area contributed by atoms with Crippen LogP contribution in [0.1, 0.15) is 94.9 Å². The van der Waals surface area contributed by atoms with Gasteiger partial charge in [-0.1, -0.05) is 29.4 Å². The summed E-state index contributed by atoms with van der Waals surface area (Å²) < 4.78 is 6.54. The molecule has 1 aliphatic heterocycles. The highest BCUT2D eigenvalue weighted by Gasteiger charge is 2.33. The number of ether oxygens (including phenoxy) is 1. The van der Waals surface area contributed by atoms with Crippen LogP contribution in [0.2, 0.25) is 0 Å². The maximum absolute atomic E-state index is 10.8. The number of rotatable bonds is 10. The van der Waals surface area contributed by atoms with E-state index in [4.69, 9.17) is 9.84 Å². The first-order valence-corrected chi connectivity index (χ1v) is 12.2. The first kappa shape index (κ1) is 26.8. The molecule has 1 atom stereocenters. The lowest BCUT2D eigenvalue weighted by Crippen LogP contribution is -2.37. The number of aliphatic carboxylic acids is 1. The van der Waals surface area contributed by atoms with Crippen LogP contribution < -0.4 is 4.74 Å². The van der Waals surface area contributed by atoms with E-state index in [1.54, 1.807) is 13.0 Å². The third-order valence-electron chi connectivity index (χ3n) is 7.12. The molecule has 0 bridgehead atoms. The number of carboxylic acids is 1. The Hall–Kier alpha value is -2.49. The fraction of sp³-hybridized carbons (Fsp3) is 0.552. The summed E-state index contributed by atoms with van der Waals surface area (Å²) in [5.74, 6) is 0.549. The maximum atomic E-state index is 10.8. The summed E-state index contributed by atoms with van der Waals surface area (Å²) in [6.07, 6.45) is 14.0. The molecule has 33 heavy (non-hydrogen) atoms. The number of allylic oxidation sites excluding steroid dienone is 5. The Bertz CT molecular complexity index is 965. The number of carbonyl (C=O) groups is 1. The van der Waals surface area contributed by atoms with Crippen molar-refractivity contribution in [1.82, 2.24) is 0 Å². The Balaban J connectivity index is 1.85. The van der Waals surface area contributed by atoms with Gasteiger partial charge < -0.3 is 14.9 Å². The zero-order valence-corrected chi connectivity index (χ0v) is 21.6. The number of fused-ring (bicyclic) bond motifs is 1. The molecule has 2 rings (SSSR count). The average Bonchev–Trinajstić information content (AvgIpc) is 2.76. The van der Waals surface area contributed by atoms with Crippen LogP contribution in [-0.4, -0.2) is 21.8 Å². The molecule has 1 aromatic rings. The van der Waals surface area contributed by atoms with Crippen molar-refractivity contribution in [2.45, 2.75) is 105 Å². The monoisotopic (exact) mass is 454 g/mol. The molecule has 0 aliphatic carbocycles. The van der Waals surface area contributed by atoms with Gasteiger partial charge in [-0.15, -0.1) is 0 Å². The van der Waals surface area contributed by atoms with E-state index in [1.807, 2.05) is 20.8 Å². The van der Waals surface area contributed by atoms with Crippen molar-refractivity contribution in [3.05, 3.63) is 57.2 Å². The number of aromatic hydroxyl groups is 1. The van der Waals surface area contributed by atoms with E-state index >= 15 is 0 Å². The van der Waals surface area contributed by atoms with Crippen LogP contribution in [0.4, 0.5) is 0 Å². The third kappa shape index (κ3) is 7.25. The topological polar surface area (TPSA) is 66.8 Å². The Morgan fingerprint density at radius 2 is 1.52 bits per heavy atom. The van der Waals surface area contributed by atoms with Gasteiger partial charge in [0, 0.05) is 11.1 Å². The van der Waals surface area contributed by atoms with E-state index in [0.717, 1.165) is 79.4 Å². The fourth-order valence-corrected chi connectivity index (χ4v) is 4.45. The smallest absolute Gasteiger partial charge is 0.330 e. The van der Waals surface area contributed by atoms with Gasteiger partial charge >= 0.3 is 5.97 Å². The Morgan fingerprint density at radius 1 is 0.939 bits per heavy atom. The van der Waals surface area contributed by atoms with Gasteiger partial charge in [-0.2, -0.15) is 0 Å². The number of phenols is 1. The molecule has 0 aromatic heterocycles. The number of phenolic OH excluding ortho intramolecular Hbond substituents is 1. The minimum absolute atomic E-state index is 0.178. The van der Waals surface area contributed by atoms with E-state index < -0.39 is 5.97 Å². The average molecular weight is 455 g/mol. The zero-order valence-electron chi connectivity index (χ0n) is 21.6. The molecule has 0 unspecified atom stereocenters. The standard InChI is InChI=1S/C29H42O4/c1-19(13-9-15-21(3)28(31)32)11-8-12-20(2)14-10-17-29(7)18-16-25-24(6)26(30)22(4)23(5)27(25)33-29/h11,14-15,30H,8-10,12-13,16-18H2,1-7H3,(H,31,32)/b19-11+,20-14+,21-15+/t29-/m1/s1. The lowest BCUT2D eigenvalue weighted by molar-refractivity contribution is -0.132. The summed E-state index contributed by atoms with van der Waals surface area (Å²) >= 11 is 0. The molecule has 4 heteroatoms. The highest BCUT2D eigenvalue weighted by Crippen LogP contribution is 2.44. The van der Waals surface area contributed by atoms with Crippen molar-refractivity contribution in [3.8, 4) is 11.5 Å². The first-order chi connectivity index (χ1) is 15.4. The van der Waals surface area contributed by atoms with Crippen molar-refractivity contribution < 1.29 is 19.7 Å². The zero-order chi connectivity index (χ0) is 24.8. The molecule has 1 aromatic carbocycles. The summed E-state index contributed by atoms with van der Waals surface area (Å²) in [5, 5.41) is 19.3. The molecular formula is C29H42O4. The molecule has 182 valence electrons. The summed E-state index contributed by atoms with van der Waals surface area (Å²) in [5.41, 5.74) is 7.04. The normalized spacial score (nSPS) is 19.3. The first-order valence-electron chi connectivity index (χ1n) is 12.2. The van der Waals surface area contributed by atoms with E-state index in [-0.39, 0.29) is 5.60 Å². The number of hydrogen-bond donors (Lipinski definition) is 2. The van der Waals surface area contributed by atoms with Crippen LogP contribution in [-0.2, 0) is 11.2 Å². The Labute approximate surface area is 200 Å². The van der Waals surface area contributed by atoms with Crippen molar-refractivity contribution in [2.24, 2.45) is 0 Å². The highest BCUT2D eigenvalue weighted by molar-refractivity contribution is 5.85. The number of benzene rings is 1. The van der Waals surface area contributed by atoms with Gasteiger partial charge in [0.05, 0.1) is 0 Å². The summed E-state index contributed by atoms with van der Waals surface area (Å²) in [6.45, 7) is 14.2. The third-order valence-corrected chi connectivity index (χ3v) is 7.12. The quantitative estimate of drug-likeness (QED) is 0.281. The van der Waals surface area contributed by atoms with Crippen LogP contribution in [0, 0.1) is 20.8 Å². The van der Waals surface area contributed by atoms with Gasteiger partial charge in [-0.3, -0.25) is 0 Å². The molecule has 1 heterocycles. The van der Waals surface area contributed by atoms with Gasteiger partial charge in [-0.05, 0) is 117 Å². The van der Waals surface area contributed by atoms with Gasteiger partial charge in [0.25, 0.3) is 0 Å². The molecular weight excluding hydrogens is 412 g/mol. The molecule has 0 amide bonds. The molecule has 1 aliphatic rings. The lowest BCUT2D eigenvalue weighted by atomic mass is 9.85. The van der Waals surface area contributed by atoms with Crippen LogP contribution in [0.25, 0.3) is 0 Å². The Morgan fingerprint density at radius 3 is 2.12 bits per heavy atom. The SMILES string of the molecule is C/C(=C\CC/C(C)=C/CC[C@]1(C)CCc2c(C)c(O)c(C)c(C)c2O1)CC/C=C(\C)C(=O)O. The van der Waals surface area contributed by atoms with Gasteiger partial charge in [0.2, 0.25) is 0 Å². The van der Waals surface area contributed by atoms with Crippen LogP contribution in [0.3, 0.4) is 0 Å². The second kappa shape index (κ2) is 11.6. The van der Waals surface area contributed by atoms with Crippen LogP contribution in [0.15, 0.2) is 34.9 Å². The molecule has 0 saturated heterocycles. The predicted molar refractivity (Wildman–Crippen MR) is 136 cm³/mol. The van der Waals surface area contributed by atoms with Crippen molar-refractivity contribution >= 4 is 5.97 Å². The second-order valence-corrected chi connectivity index (χ2v) is 9.99. The van der Waals surface area contributed by atoms with Crippen molar-refractivity contribution in [1.29, 1.82) is 0 Å². The molecule has 2 N–H and O–H groups in total. The van der Waals surface area contributed by atoms with E-state index in [2.05, 4.69) is 32.9 Å². The van der Waals surface area contributed by atoms with Crippen molar-refractivity contribution in [2.75, 3.05) is 0 Å². The van der Waals surface area contributed by atoms with E-state index in [9.17, 15) is 9.90 Å². The minimum Gasteiger partial charge on any atom is -0.507 e. The minimum atomic E-state index is -0.839. The fourth-order valence-electron chi connectivity index (χ4n) is 4.45. The van der Waals surface area contributed by atoms with Crippen LogP contribution in [0.5, 0.6) is 11.5 Å².